The summed E-state index contributed by atoms with van der Waals surface area (Å²) in [6.45, 7) is 2.47. The van der Waals surface area contributed by atoms with Gasteiger partial charge in [0.05, 0.1) is 17.7 Å². The van der Waals surface area contributed by atoms with Gasteiger partial charge < -0.3 is 10.6 Å². The average molecular weight is 352 g/mol. The molecular formula is C17H19F3N4O. The van der Waals surface area contributed by atoms with Gasteiger partial charge in [-0.25, -0.2) is 0 Å². The smallest absolute Gasteiger partial charge is 0.326 e. The van der Waals surface area contributed by atoms with Gasteiger partial charge in [0.2, 0.25) is 5.91 Å². The predicted octanol–water partition coefficient (Wildman–Crippen LogP) is 2.69. The van der Waals surface area contributed by atoms with Gasteiger partial charge in [0.1, 0.15) is 0 Å². The number of amides is 1. The lowest BCUT2D eigenvalue weighted by molar-refractivity contribution is -0.138. The summed E-state index contributed by atoms with van der Waals surface area (Å²) in [4.78, 5) is 12.7. The second-order valence-corrected chi connectivity index (χ2v) is 6.28. The minimum absolute atomic E-state index is 0.0206. The van der Waals surface area contributed by atoms with Gasteiger partial charge in [-0.1, -0.05) is 6.07 Å². The minimum Gasteiger partial charge on any atom is -0.326 e. The maximum absolute atomic E-state index is 13.0. The molecule has 0 bridgehead atoms. The maximum Gasteiger partial charge on any atom is 0.416 e. The molecule has 1 aliphatic rings. The van der Waals surface area contributed by atoms with Gasteiger partial charge in [-0.2, -0.15) is 18.3 Å². The van der Waals surface area contributed by atoms with Gasteiger partial charge in [0, 0.05) is 37.9 Å². The molecule has 1 fully saturated rings. The SMILES string of the molecule is Cc1c(NC(=O)[C@H]2CNC[C@@H]2c2cnn(C)c2)cccc1C(F)(F)F. The second kappa shape index (κ2) is 6.51. The highest BCUT2D eigenvalue weighted by molar-refractivity contribution is 5.94. The van der Waals surface area contributed by atoms with Crippen molar-refractivity contribution in [1.82, 2.24) is 15.1 Å². The number of aromatic nitrogens is 2. The van der Waals surface area contributed by atoms with Crippen LogP contribution in [0.25, 0.3) is 0 Å². The van der Waals surface area contributed by atoms with Crippen molar-refractivity contribution in [2.75, 3.05) is 18.4 Å². The first-order valence-corrected chi connectivity index (χ1v) is 7.94. The largest absolute Gasteiger partial charge is 0.416 e. The highest BCUT2D eigenvalue weighted by atomic mass is 19.4. The van der Waals surface area contributed by atoms with E-state index >= 15 is 0 Å². The van der Waals surface area contributed by atoms with E-state index in [-0.39, 0.29) is 29.0 Å². The van der Waals surface area contributed by atoms with Crippen molar-refractivity contribution in [3.05, 3.63) is 47.3 Å². The molecule has 0 saturated carbocycles. The Hall–Kier alpha value is -2.35. The normalized spacial score (nSPS) is 20.7. The van der Waals surface area contributed by atoms with E-state index in [0.717, 1.165) is 11.6 Å². The zero-order chi connectivity index (χ0) is 18.2. The van der Waals surface area contributed by atoms with Crippen LogP contribution in [0.5, 0.6) is 0 Å². The van der Waals surface area contributed by atoms with E-state index in [1.54, 1.807) is 17.9 Å². The van der Waals surface area contributed by atoms with Crippen molar-refractivity contribution in [2.24, 2.45) is 13.0 Å². The van der Waals surface area contributed by atoms with E-state index in [4.69, 9.17) is 0 Å². The molecule has 1 aliphatic heterocycles. The van der Waals surface area contributed by atoms with E-state index in [2.05, 4.69) is 15.7 Å². The number of hydrogen-bond acceptors (Lipinski definition) is 3. The number of anilines is 1. The van der Waals surface area contributed by atoms with Gasteiger partial charge in [-0.15, -0.1) is 0 Å². The van der Waals surface area contributed by atoms with Crippen molar-refractivity contribution >= 4 is 11.6 Å². The Kier molecular flexibility index (Phi) is 4.55. The number of hydrogen-bond donors (Lipinski definition) is 2. The Morgan fingerprint density at radius 1 is 1.36 bits per heavy atom. The quantitative estimate of drug-likeness (QED) is 0.893. The van der Waals surface area contributed by atoms with Crippen molar-refractivity contribution in [2.45, 2.75) is 19.0 Å². The summed E-state index contributed by atoms with van der Waals surface area (Å²) in [5, 5.41) is 9.96. The molecule has 5 nitrogen and oxygen atoms in total. The molecule has 2 N–H and O–H groups in total. The van der Waals surface area contributed by atoms with Crippen molar-refractivity contribution in [3.63, 3.8) is 0 Å². The van der Waals surface area contributed by atoms with Crippen molar-refractivity contribution in [3.8, 4) is 0 Å². The number of nitrogens with zero attached hydrogens (tertiary/aromatic N) is 2. The molecule has 0 aliphatic carbocycles. The van der Waals surface area contributed by atoms with Gasteiger partial charge in [0.25, 0.3) is 0 Å². The lowest BCUT2D eigenvalue weighted by Crippen LogP contribution is -2.28. The molecule has 1 amide bonds. The highest BCUT2D eigenvalue weighted by Gasteiger charge is 2.36. The molecule has 0 spiro atoms. The Morgan fingerprint density at radius 2 is 2.12 bits per heavy atom. The second-order valence-electron chi connectivity index (χ2n) is 6.28. The Morgan fingerprint density at radius 3 is 2.76 bits per heavy atom. The third-order valence-electron chi connectivity index (χ3n) is 4.60. The number of alkyl halides is 3. The number of aryl methyl sites for hydroxylation is 1. The first-order chi connectivity index (χ1) is 11.8. The van der Waals surface area contributed by atoms with Crippen LogP contribution in [-0.2, 0) is 18.0 Å². The minimum atomic E-state index is -4.45. The predicted molar refractivity (Wildman–Crippen MR) is 87.1 cm³/mol. The lowest BCUT2D eigenvalue weighted by atomic mass is 9.90. The van der Waals surface area contributed by atoms with E-state index in [1.165, 1.54) is 19.1 Å². The van der Waals surface area contributed by atoms with E-state index < -0.39 is 11.7 Å². The van der Waals surface area contributed by atoms with Crippen LogP contribution in [0.1, 0.15) is 22.6 Å². The Labute approximate surface area is 143 Å². The van der Waals surface area contributed by atoms with E-state index in [9.17, 15) is 18.0 Å². The fourth-order valence-electron chi connectivity index (χ4n) is 3.24. The van der Waals surface area contributed by atoms with Gasteiger partial charge in [-0.05, 0) is 30.2 Å². The Bertz CT molecular complexity index is 784. The molecule has 0 unspecified atom stereocenters. The first-order valence-electron chi connectivity index (χ1n) is 7.94. The van der Waals surface area contributed by atoms with Gasteiger partial charge in [0.15, 0.2) is 0 Å². The topological polar surface area (TPSA) is 59.0 Å². The highest BCUT2D eigenvalue weighted by Crippen LogP contribution is 2.35. The summed E-state index contributed by atoms with van der Waals surface area (Å²) in [5.74, 6) is -0.709. The standard InChI is InChI=1S/C17H19F3N4O/c1-10-14(17(18,19)20)4-3-5-15(10)23-16(25)13-8-21-7-12(13)11-6-22-24(2)9-11/h3-6,9,12-13,21H,7-8H2,1-2H3,(H,23,25)/t12-,13+/m1/s1. The van der Waals surface area contributed by atoms with Crippen LogP contribution in [0.15, 0.2) is 30.6 Å². The van der Waals surface area contributed by atoms with E-state index in [1.807, 2.05) is 6.20 Å². The zero-order valence-electron chi connectivity index (χ0n) is 13.9. The van der Waals surface area contributed by atoms with Crippen LogP contribution in [0.2, 0.25) is 0 Å². The molecule has 1 aromatic heterocycles. The van der Waals surface area contributed by atoms with Crippen LogP contribution in [-0.4, -0.2) is 28.8 Å². The molecule has 2 atom stereocenters. The molecule has 2 aromatic rings. The van der Waals surface area contributed by atoms with Gasteiger partial charge in [-0.3, -0.25) is 9.48 Å². The number of nitrogens with one attached hydrogen (secondary N) is 2. The average Bonchev–Trinajstić information content (AvgIpc) is 3.16. The number of benzene rings is 1. The molecule has 1 saturated heterocycles. The summed E-state index contributed by atoms with van der Waals surface area (Å²) in [7, 11) is 1.80. The number of halogens is 3. The molecular weight excluding hydrogens is 333 g/mol. The summed E-state index contributed by atoms with van der Waals surface area (Å²) < 4.78 is 40.7. The van der Waals surface area contributed by atoms with E-state index in [0.29, 0.717) is 13.1 Å². The van der Waals surface area contributed by atoms with Crippen LogP contribution >= 0.6 is 0 Å². The molecule has 25 heavy (non-hydrogen) atoms. The molecule has 8 heteroatoms. The Balaban J connectivity index is 1.80. The summed E-state index contributed by atoms with van der Waals surface area (Å²) in [5.41, 5.74) is 0.413. The number of rotatable bonds is 3. The maximum atomic E-state index is 13.0. The lowest BCUT2D eigenvalue weighted by Gasteiger charge is -2.19. The monoisotopic (exact) mass is 352 g/mol. The fourth-order valence-corrected chi connectivity index (χ4v) is 3.24. The third kappa shape index (κ3) is 3.53. The number of carbonyl (C=O) groups excluding carboxylic acids is 1. The molecule has 0 radical (unpaired) electrons. The van der Waals surface area contributed by atoms with Crippen LogP contribution in [0.4, 0.5) is 18.9 Å². The summed E-state index contributed by atoms with van der Waals surface area (Å²) in [6, 6.07) is 3.81. The summed E-state index contributed by atoms with van der Waals surface area (Å²) >= 11 is 0. The molecule has 3 rings (SSSR count). The first kappa shape index (κ1) is 17.5. The molecule has 2 heterocycles. The van der Waals surface area contributed by atoms with Crippen LogP contribution in [0, 0.1) is 12.8 Å². The zero-order valence-corrected chi connectivity index (χ0v) is 13.9. The van der Waals surface area contributed by atoms with Crippen LogP contribution < -0.4 is 10.6 Å². The van der Waals surface area contributed by atoms with Crippen molar-refractivity contribution < 1.29 is 18.0 Å². The van der Waals surface area contributed by atoms with Crippen molar-refractivity contribution in [1.29, 1.82) is 0 Å². The fraction of sp³-hybridized carbons (Fsp3) is 0.412. The molecule has 134 valence electrons. The third-order valence-corrected chi connectivity index (χ3v) is 4.60. The molecule has 1 aromatic carbocycles. The van der Waals surface area contributed by atoms with Gasteiger partial charge >= 0.3 is 6.18 Å². The summed E-state index contributed by atoms with van der Waals surface area (Å²) in [6.07, 6.45) is -0.876. The number of carbonyl (C=O) groups is 1. The van der Waals surface area contributed by atoms with Crippen LogP contribution in [0.3, 0.4) is 0 Å².